The van der Waals surface area contributed by atoms with Crippen LogP contribution >= 0.6 is 15.9 Å². The Bertz CT molecular complexity index is 644. The monoisotopic (exact) mass is 351 g/mol. The number of rotatable bonds is 5. The summed E-state index contributed by atoms with van der Waals surface area (Å²) in [6.07, 6.45) is -0.869. The molecule has 0 unspecified atom stereocenters. The van der Waals surface area contributed by atoms with E-state index in [1.54, 1.807) is 13.0 Å². The van der Waals surface area contributed by atoms with Crippen molar-refractivity contribution in [3.63, 3.8) is 0 Å². The molecule has 0 fully saturated rings. The minimum absolute atomic E-state index is 0.0991. The lowest BCUT2D eigenvalue weighted by molar-refractivity contribution is -0.386. The average Bonchev–Trinajstić information content (AvgIpc) is 2.46. The molecule has 21 heavy (non-hydrogen) atoms. The largest absolute Gasteiger partial charge is 0.482 e. The maximum absolute atomic E-state index is 11.2. The lowest BCUT2D eigenvalue weighted by Crippen LogP contribution is -2.04. The highest BCUT2D eigenvalue weighted by Gasteiger charge is 2.23. The summed E-state index contributed by atoms with van der Waals surface area (Å²) in [7, 11) is 0. The van der Waals surface area contributed by atoms with Crippen LogP contribution in [0.1, 0.15) is 24.2 Å². The van der Waals surface area contributed by atoms with E-state index in [2.05, 4.69) is 15.9 Å². The van der Waals surface area contributed by atoms with E-state index >= 15 is 0 Å². The first-order chi connectivity index (χ1) is 9.99. The molecular weight excluding hydrogens is 338 g/mol. The second kappa shape index (κ2) is 6.69. The van der Waals surface area contributed by atoms with Crippen molar-refractivity contribution < 1.29 is 14.8 Å². The highest BCUT2D eigenvalue weighted by molar-refractivity contribution is 9.10. The third kappa shape index (κ3) is 3.80. The molecule has 0 aromatic heterocycles. The first-order valence-corrected chi connectivity index (χ1v) is 7.11. The lowest BCUT2D eigenvalue weighted by atomic mass is 10.1. The van der Waals surface area contributed by atoms with Crippen LogP contribution in [0, 0.1) is 10.1 Å². The maximum atomic E-state index is 11.2. The molecule has 6 heteroatoms. The molecule has 0 heterocycles. The van der Waals surface area contributed by atoms with Crippen LogP contribution in [-0.4, -0.2) is 10.0 Å². The normalized spacial score (nSPS) is 12.0. The Labute approximate surface area is 130 Å². The Balaban J connectivity index is 2.38. The molecule has 0 radical (unpaired) electrons. The van der Waals surface area contributed by atoms with Crippen LogP contribution in [0.3, 0.4) is 0 Å². The van der Waals surface area contributed by atoms with Gasteiger partial charge >= 0.3 is 5.69 Å². The lowest BCUT2D eigenvalue weighted by Gasteiger charge is -2.14. The van der Waals surface area contributed by atoms with E-state index in [9.17, 15) is 15.2 Å². The molecule has 0 aliphatic heterocycles. The molecule has 0 aliphatic rings. The van der Waals surface area contributed by atoms with Gasteiger partial charge in [0.25, 0.3) is 0 Å². The van der Waals surface area contributed by atoms with E-state index in [1.807, 2.05) is 30.3 Å². The molecule has 5 nitrogen and oxygen atoms in total. The van der Waals surface area contributed by atoms with Gasteiger partial charge in [-0.25, -0.2) is 0 Å². The molecule has 2 rings (SSSR count). The maximum Gasteiger partial charge on any atom is 0.312 e. The average molecular weight is 352 g/mol. The van der Waals surface area contributed by atoms with Gasteiger partial charge in [-0.3, -0.25) is 10.1 Å². The summed E-state index contributed by atoms with van der Waals surface area (Å²) >= 11 is 3.21. The van der Waals surface area contributed by atoms with Crippen LogP contribution in [0.4, 0.5) is 5.69 Å². The SMILES string of the molecule is C[C@H](O)c1cc(Br)cc([N+](=O)[O-])c1OCc1ccccc1. The summed E-state index contributed by atoms with van der Waals surface area (Å²) < 4.78 is 6.13. The van der Waals surface area contributed by atoms with E-state index in [1.165, 1.54) is 6.07 Å². The standard InChI is InChI=1S/C15H14BrNO4/c1-10(18)13-7-12(16)8-14(17(19)20)15(13)21-9-11-5-3-2-4-6-11/h2-8,10,18H,9H2,1H3/t10-/m0/s1. The molecule has 110 valence electrons. The summed E-state index contributed by atoms with van der Waals surface area (Å²) in [5.74, 6) is 0.0991. The number of aliphatic hydroxyl groups excluding tert-OH is 1. The molecule has 2 aromatic carbocycles. The molecule has 1 N–H and O–H groups in total. The van der Waals surface area contributed by atoms with Gasteiger partial charge in [0.2, 0.25) is 5.75 Å². The Morgan fingerprint density at radius 3 is 2.57 bits per heavy atom. The number of halogens is 1. The first-order valence-electron chi connectivity index (χ1n) is 6.31. The van der Waals surface area contributed by atoms with Gasteiger partial charge in [-0.15, -0.1) is 0 Å². The topological polar surface area (TPSA) is 72.6 Å². The van der Waals surface area contributed by atoms with Gasteiger partial charge in [-0.2, -0.15) is 0 Å². The molecule has 0 spiro atoms. The Hall–Kier alpha value is -1.92. The molecule has 0 bridgehead atoms. The van der Waals surface area contributed by atoms with E-state index in [0.29, 0.717) is 10.0 Å². The van der Waals surface area contributed by atoms with Crippen LogP contribution < -0.4 is 4.74 Å². The molecule has 0 saturated carbocycles. The van der Waals surface area contributed by atoms with Gasteiger partial charge < -0.3 is 9.84 Å². The molecule has 0 aliphatic carbocycles. The van der Waals surface area contributed by atoms with Crippen LogP contribution in [0.15, 0.2) is 46.9 Å². The molecule has 0 amide bonds. The van der Waals surface area contributed by atoms with Gasteiger partial charge in [0.05, 0.1) is 11.0 Å². The van der Waals surface area contributed by atoms with Crippen molar-refractivity contribution in [2.45, 2.75) is 19.6 Å². The number of hydrogen-bond donors (Lipinski definition) is 1. The molecule has 0 saturated heterocycles. The van der Waals surface area contributed by atoms with Gasteiger partial charge in [-0.1, -0.05) is 46.3 Å². The van der Waals surface area contributed by atoms with Crippen molar-refractivity contribution in [1.29, 1.82) is 0 Å². The number of aliphatic hydroxyl groups is 1. The fraction of sp³-hybridized carbons (Fsp3) is 0.200. The summed E-state index contributed by atoms with van der Waals surface area (Å²) in [6, 6.07) is 12.3. The van der Waals surface area contributed by atoms with E-state index in [-0.39, 0.29) is 18.0 Å². The predicted octanol–water partition coefficient (Wildman–Crippen LogP) is 3.99. The highest BCUT2D eigenvalue weighted by atomic mass is 79.9. The van der Waals surface area contributed by atoms with Crippen LogP contribution in [0.2, 0.25) is 0 Å². The summed E-state index contributed by atoms with van der Waals surface area (Å²) in [5, 5.41) is 21.0. The van der Waals surface area contributed by atoms with Crippen molar-refractivity contribution in [3.05, 3.63) is 68.2 Å². The highest BCUT2D eigenvalue weighted by Crippen LogP contribution is 2.38. The predicted molar refractivity (Wildman–Crippen MR) is 82.2 cm³/mol. The Morgan fingerprint density at radius 2 is 2.00 bits per heavy atom. The van der Waals surface area contributed by atoms with Crippen molar-refractivity contribution >= 4 is 21.6 Å². The van der Waals surface area contributed by atoms with Crippen molar-refractivity contribution in [3.8, 4) is 5.75 Å². The Morgan fingerprint density at radius 1 is 1.33 bits per heavy atom. The van der Waals surface area contributed by atoms with Gasteiger partial charge in [0, 0.05) is 16.1 Å². The van der Waals surface area contributed by atoms with Crippen LogP contribution in [0.5, 0.6) is 5.75 Å². The smallest absolute Gasteiger partial charge is 0.312 e. The Kier molecular flexibility index (Phi) is 4.93. The van der Waals surface area contributed by atoms with E-state index in [4.69, 9.17) is 4.74 Å². The number of hydrogen-bond acceptors (Lipinski definition) is 4. The quantitative estimate of drug-likeness (QED) is 0.652. The molecule has 1 atom stereocenters. The zero-order chi connectivity index (χ0) is 15.4. The third-order valence-corrected chi connectivity index (χ3v) is 3.39. The van der Waals surface area contributed by atoms with E-state index < -0.39 is 11.0 Å². The number of ether oxygens (including phenoxy) is 1. The van der Waals surface area contributed by atoms with Gasteiger partial charge in [0.15, 0.2) is 0 Å². The molecular formula is C15H14BrNO4. The van der Waals surface area contributed by atoms with Crippen molar-refractivity contribution in [2.75, 3.05) is 0 Å². The zero-order valence-electron chi connectivity index (χ0n) is 11.3. The third-order valence-electron chi connectivity index (χ3n) is 2.94. The summed E-state index contributed by atoms with van der Waals surface area (Å²) in [6.45, 7) is 1.74. The number of nitro benzene ring substituents is 1. The first kappa shape index (κ1) is 15.5. The van der Waals surface area contributed by atoms with Crippen molar-refractivity contribution in [2.24, 2.45) is 0 Å². The van der Waals surface area contributed by atoms with Crippen LogP contribution in [-0.2, 0) is 6.61 Å². The van der Waals surface area contributed by atoms with Gasteiger partial charge in [0.1, 0.15) is 6.61 Å². The minimum atomic E-state index is -0.869. The zero-order valence-corrected chi connectivity index (χ0v) is 12.9. The fourth-order valence-corrected chi connectivity index (χ4v) is 2.40. The number of nitro groups is 1. The van der Waals surface area contributed by atoms with Crippen LogP contribution in [0.25, 0.3) is 0 Å². The fourth-order valence-electron chi connectivity index (χ4n) is 1.93. The van der Waals surface area contributed by atoms with E-state index in [0.717, 1.165) is 5.56 Å². The summed E-state index contributed by atoms with van der Waals surface area (Å²) in [5.41, 5.74) is 1.11. The minimum Gasteiger partial charge on any atom is -0.482 e. The number of nitrogens with zero attached hydrogens (tertiary/aromatic N) is 1. The second-order valence-electron chi connectivity index (χ2n) is 4.55. The van der Waals surface area contributed by atoms with Crippen molar-refractivity contribution in [1.82, 2.24) is 0 Å². The van der Waals surface area contributed by atoms with Gasteiger partial charge in [-0.05, 0) is 18.6 Å². The number of benzene rings is 2. The molecule has 2 aromatic rings. The summed E-state index contributed by atoms with van der Waals surface area (Å²) in [4.78, 5) is 10.7. The second-order valence-corrected chi connectivity index (χ2v) is 5.47.